The molecular weight excluding hydrogens is 442 g/mol. The number of nitrogens with zero attached hydrogens (tertiary/aromatic N) is 3. The molecule has 0 atom stereocenters. The van der Waals surface area contributed by atoms with Crippen molar-refractivity contribution in [1.29, 1.82) is 0 Å². The molecule has 1 aromatic heterocycles. The summed E-state index contributed by atoms with van der Waals surface area (Å²) in [6, 6.07) is 3.08. The second-order valence-electron chi connectivity index (χ2n) is 7.70. The van der Waals surface area contributed by atoms with E-state index < -0.39 is 21.5 Å². The number of aromatic nitrogens is 2. The molecule has 2 heterocycles. The van der Waals surface area contributed by atoms with Gasteiger partial charge in [-0.05, 0) is 25.0 Å². The SMILES string of the molecule is COc1ccc(C(=O)c2cnn(C)c2OC(=O)C(C)C)c(Cl)c1N=S1(=O)CCCCC1. The van der Waals surface area contributed by atoms with Gasteiger partial charge in [-0.1, -0.05) is 31.9 Å². The van der Waals surface area contributed by atoms with Gasteiger partial charge >= 0.3 is 5.97 Å². The van der Waals surface area contributed by atoms with Gasteiger partial charge in [-0.2, -0.15) is 9.46 Å². The number of esters is 1. The van der Waals surface area contributed by atoms with Gasteiger partial charge in [-0.15, -0.1) is 0 Å². The fourth-order valence-corrected chi connectivity index (χ4v) is 5.77. The number of methoxy groups -OCH3 is 1. The summed E-state index contributed by atoms with van der Waals surface area (Å²) in [6.07, 6.45) is 4.02. The van der Waals surface area contributed by atoms with Crippen molar-refractivity contribution in [2.75, 3.05) is 18.6 Å². The van der Waals surface area contributed by atoms with E-state index >= 15 is 0 Å². The van der Waals surface area contributed by atoms with E-state index in [0.29, 0.717) is 17.3 Å². The van der Waals surface area contributed by atoms with Crippen molar-refractivity contribution >= 4 is 38.8 Å². The highest BCUT2D eigenvalue weighted by molar-refractivity contribution is 7.93. The third-order valence-corrected chi connectivity index (χ3v) is 7.78. The van der Waals surface area contributed by atoms with Gasteiger partial charge < -0.3 is 9.47 Å². The van der Waals surface area contributed by atoms with Crippen LogP contribution in [0.2, 0.25) is 5.02 Å². The molecule has 0 spiro atoms. The molecule has 1 fully saturated rings. The van der Waals surface area contributed by atoms with Crippen LogP contribution in [-0.2, 0) is 21.6 Å². The molecule has 1 aliphatic rings. The zero-order valence-corrected chi connectivity index (χ0v) is 19.6. The van der Waals surface area contributed by atoms with Crippen LogP contribution in [0, 0.1) is 5.92 Å². The van der Waals surface area contributed by atoms with Gasteiger partial charge in [0.05, 0.1) is 34.0 Å². The fourth-order valence-electron chi connectivity index (χ4n) is 3.22. The van der Waals surface area contributed by atoms with Crippen LogP contribution in [0.25, 0.3) is 0 Å². The van der Waals surface area contributed by atoms with E-state index in [-0.39, 0.29) is 33.6 Å². The second-order valence-corrected chi connectivity index (χ2v) is 10.6. The van der Waals surface area contributed by atoms with E-state index in [1.165, 1.54) is 24.1 Å². The van der Waals surface area contributed by atoms with Crippen molar-refractivity contribution in [2.24, 2.45) is 17.3 Å². The molecule has 1 aromatic carbocycles. The zero-order valence-electron chi connectivity index (χ0n) is 18.0. The Balaban J connectivity index is 2.07. The van der Waals surface area contributed by atoms with E-state index in [1.54, 1.807) is 27.0 Å². The first-order chi connectivity index (χ1) is 14.7. The number of halogens is 1. The molecule has 1 saturated heterocycles. The third-order valence-electron chi connectivity index (χ3n) is 5.03. The van der Waals surface area contributed by atoms with Crippen LogP contribution in [0.1, 0.15) is 49.0 Å². The molecule has 0 bridgehead atoms. The van der Waals surface area contributed by atoms with Crippen molar-refractivity contribution in [2.45, 2.75) is 33.1 Å². The van der Waals surface area contributed by atoms with Crippen molar-refractivity contribution in [3.63, 3.8) is 0 Å². The molecule has 0 unspecified atom stereocenters. The number of rotatable bonds is 6. The maximum absolute atomic E-state index is 13.3. The summed E-state index contributed by atoms with van der Waals surface area (Å²) >= 11 is 6.58. The standard InChI is InChI=1S/C21H26ClN3O5S/c1-13(2)21(27)30-20-15(12-23-25(20)3)19(26)14-8-9-16(29-4)18(17(14)22)24-31(28)10-6-5-7-11-31/h8-9,12-13H,5-7,10-11H2,1-4H3. The number of carbonyl (C=O) groups is 2. The van der Waals surface area contributed by atoms with Crippen LogP contribution < -0.4 is 9.47 Å². The highest BCUT2D eigenvalue weighted by Gasteiger charge is 2.27. The smallest absolute Gasteiger partial charge is 0.315 e. The third kappa shape index (κ3) is 4.93. The van der Waals surface area contributed by atoms with Crippen LogP contribution in [0.4, 0.5) is 5.69 Å². The van der Waals surface area contributed by atoms with Crippen molar-refractivity contribution in [1.82, 2.24) is 9.78 Å². The number of carbonyl (C=O) groups excluding carboxylic acids is 2. The number of benzene rings is 1. The normalized spacial score (nSPS) is 15.5. The first kappa shape index (κ1) is 23.3. The number of ether oxygens (including phenoxy) is 2. The van der Waals surface area contributed by atoms with Gasteiger partial charge in [-0.3, -0.25) is 9.59 Å². The lowest BCUT2D eigenvalue weighted by Gasteiger charge is -2.17. The molecule has 10 heteroatoms. The molecule has 8 nitrogen and oxygen atoms in total. The highest BCUT2D eigenvalue weighted by Crippen LogP contribution is 2.40. The quantitative estimate of drug-likeness (QED) is 0.467. The monoisotopic (exact) mass is 467 g/mol. The van der Waals surface area contributed by atoms with Crippen molar-refractivity contribution in [3.05, 3.63) is 34.5 Å². The fraction of sp³-hybridized carbons (Fsp3) is 0.476. The number of hydrogen-bond acceptors (Lipinski definition) is 7. The van der Waals surface area contributed by atoms with E-state index in [2.05, 4.69) is 9.46 Å². The van der Waals surface area contributed by atoms with Gasteiger partial charge in [0.1, 0.15) is 17.0 Å². The molecule has 31 heavy (non-hydrogen) atoms. The van der Waals surface area contributed by atoms with Crippen molar-refractivity contribution in [3.8, 4) is 11.6 Å². The molecule has 2 aromatic rings. The Morgan fingerprint density at radius 2 is 1.87 bits per heavy atom. The minimum atomic E-state index is -2.47. The van der Waals surface area contributed by atoms with E-state index in [0.717, 1.165) is 19.3 Å². The predicted molar refractivity (Wildman–Crippen MR) is 119 cm³/mol. The summed E-state index contributed by atoms with van der Waals surface area (Å²) in [7, 11) is 0.564. The average molecular weight is 468 g/mol. The second kappa shape index (κ2) is 9.40. The topological polar surface area (TPSA) is 99.8 Å². The van der Waals surface area contributed by atoms with Crippen LogP contribution in [0.5, 0.6) is 11.6 Å². The first-order valence-corrected chi connectivity index (χ1v) is 12.3. The zero-order chi connectivity index (χ0) is 22.8. The number of hydrogen-bond donors (Lipinski definition) is 0. The maximum Gasteiger partial charge on any atom is 0.315 e. The summed E-state index contributed by atoms with van der Waals surface area (Å²) in [5.74, 6) is 0.00974. The Kier molecular flexibility index (Phi) is 7.06. The summed E-state index contributed by atoms with van der Waals surface area (Å²) < 4.78 is 29.7. The van der Waals surface area contributed by atoms with Crippen LogP contribution >= 0.6 is 11.6 Å². The van der Waals surface area contributed by atoms with Gasteiger partial charge in [0.25, 0.3) is 0 Å². The Morgan fingerprint density at radius 1 is 1.19 bits per heavy atom. The molecule has 1 aliphatic heterocycles. The lowest BCUT2D eigenvalue weighted by Crippen LogP contribution is -2.18. The van der Waals surface area contributed by atoms with Crippen molar-refractivity contribution < 1.29 is 23.3 Å². The molecule has 0 amide bonds. The minimum Gasteiger partial charge on any atom is -0.494 e. The maximum atomic E-state index is 13.3. The molecule has 0 saturated carbocycles. The molecule has 168 valence electrons. The van der Waals surface area contributed by atoms with Gasteiger partial charge in [0.2, 0.25) is 11.7 Å². The molecule has 0 radical (unpaired) electrons. The summed E-state index contributed by atoms with van der Waals surface area (Å²) in [5.41, 5.74) is 0.428. The van der Waals surface area contributed by atoms with E-state index in [4.69, 9.17) is 21.1 Å². The Bertz CT molecular complexity index is 1120. The Hall–Kier alpha value is -2.39. The lowest BCUT2D eigenvalue weighted by atomic mass is 10.0. The van der Waals surface area contributed by atoms with E-state index in [9.17, 15) is 13.8 Å². The van der Waals surface area contributed by atoms with E-state index in [1.807, 2.05) is 0 Å². The number of aryl methyl sites for hydroxylation is 1. The summed E-state index contributed by atoms with van der Waals surface area (Å²) in [4.78, 5) is 25.4. The Labute approximate surface area is 187 Å². The molecule has 3 rings (SSSR count). The molecule has 0 N–H and O–H groups in total. The predicted octanol–water partition coefficient (Wildman–Crippen LogP) is 4.16. The minimum absolute atomic E-state index is 0.0345. The van der Waals surface area contributed by atoms with Crippen LogP contribution in [-0.4, -0.2) is 44.4 Å². The number of ketones is 1. The van der Waals surface area contributed by atoms with Gasteiger partial charge in [0, 0.05) is 24.1 Å². The van der Waals surface area contributed by atoms with Crippen LogP contribution in [0.15, 0.2) is 22.7 Å². The largest absolute Gasteiger partial charge is 0.494 e. The summed E-state index contributed by atoms with van der Waals surface area (Å²) in [6.45, 7) is 3.39. The Morgan fingerprint density at radius 3 is 2.48 bits per heavy atom. The summed E-state index contributed by atoms with van der Waals surface area (Å²) in [5, 5.41) is 4.09. The molecular formula is C21H26ClN3O5S. The first-order valence-electron chi connectivity index (χ1n) is 10.0. The van der Waals surface area contributed by atoms with Gasteiger partial charge in [0.15, 0.2) is 0 Å². The highest BCUT2D eigenvalue weighted by atomic mass is 35.5. The lowest BCUT2D eigenvalue weighted by molar-refractivity contribution is -0.138. The van der Waals surface area contributed by atoms with Gasteiger partial charge in [-0.25, -0.2) is 8.89 Å². The van der Waals surface area contributed by atoms with Crippen LogP contribution in [0.3, 0.4) is 0 Å². The average Bonchev–Trinajstić information content (AvgIpc) is 3.09. The molecule has 0 aliphatic carbocycles.